The number of likely N-dealkylation sites (N-methyl/N-ethyl adjacent to an activating group) is 1. The minimum Gasteiger partial charge on any atom is -0.544 e. The minimum atomic E-state index is -1.13. The van der Waals surface area contributed by atoms with Crippen LogP contribution in [-0.4, -0.2) is 75.5 Å². The molecular weight excluding hydrogens is 618 g/mol. The number of quaternary nitrogens is 1. The fourth-order valence-electron chi connectivity index (χ4n) is 5.71. The first kappa shape index (κ1) is 46.8. The van der Waals surface area contributed by atoms with Crippen molar-refractivity contribution in [3.8, 4) is 0 Å². The molecule has 0 radical (unpaired) electrons. The van der Waals surface area contributed by atoms with Gasteiger partial charge in [0.15, 0.2) is 6.10 Å². The van der Waals surface area contributed by atoms with Gasteiger partial charge in [-0.25, -0.2) is 0 Å². The SMILES string of the molecule is CCCCCCCC/C=C/C/C=C/CCC(=O)OCC(COCCC(C(=O)[O-])[N+](C)(C)C)OC(=O)CCCCCCCCCCCCCC. The van der Waals surface area contributed by atoms with Crippen molar-refractivity contribution in [3.05, 3.63) is 24.3 Å². The second-order valence-corrected chi connectivity index (χ2v) is 14.5. The zero-order chi connectivity index (χ0) is 36.4. The molecule has 8 heteroatoms. The van der Waals surface area contributed by atoms with Crippen LogP contribution in [0, 0.1) is 0 Å². The van der Waals surface area contributed by atoms with Gasteiger partial charge >= 0.3 is 11.9 Å². The minimum absolute atomic E-state index is 0.0271. The highest BCUT2D eigenvalue weighted by Gasteiger charge is 2.25. The van der Waals surface area contributed by atoms with Gasteiger partial charge < -0.3 is 28.6 Å². The highest BCUT2D eigenvalue weighted by molar-refractivity contribution is 5.70. The molecule has 2 unspecified atom stereocenters. The summed E-state index contributed by atoms with van der Waals surface area (Å²) in [5, 5.41) is 11.6. The molecule has 0 aliphatic heterocycles. The Balaban J connectivity index is 4.48. The van der Waals surface area contributed by atoms with Crippen LogP contribution in [0.4, 0.5) is 0 Å². The lowest BCUT2D eigenvalue weighted by atomic mass is 10.0. The van der Waals surface area contributed by atoms with Crippen molar-refractivity contribution in [1.82, 2.24) is 0 Å². The van der Waals surface area contributed by atoms with E-state index in [4.69, 9.17) is 14.2 Å². The Morgan fingerprint density at radius 1 is 0.612 bits per heavy atom. The molecular formula is C41H75NO7. The molecule has 0 aromatic carbocycles. The molecule has 0 saturated heterocycles. The summed E-state index contributed by atoms with van der Waals surface area (Å²) in [6.07, 6.45) is 33.5. The van der Waals surface area contributed by atoms with Crippen LogP contribution in [0.1, 0.15) is 168 Å². The number of ether oxygens (including phenoxy) is 3. The molecule has 0 aromatic rings. The first-order valence-corrected chi connectivity index (χ1v) is 19.9. The van der Waals surface area contributed by atoms with Gasteiger partial charge in [-0.15, -0.1) is 0 Å². The maximum atomic E-state index is 12.6. The monoisotopic (exact) mass is 694 g/mol. The molecule has 8 nitrogen and oxygen atoms in total. The van der Waals surface area contributed by atoms with E-state index < -0.39 is 18.1 Å². The molecule has 0 spiro atoms. The molecule has 0 fully saturated rings. The van der Waals surface area contributed by atoms with E-state index in [1.807, 2.05) is 6.08 Å². The van der Waals surface area contributed by atoms with Crippen molar-refractivity contribution in [2.75, 3.05) is 41.0 Å². The van der Waals surface area contributed by atoms with E-state index in [1.54, 1.807) is 21.1 Å². The Kier molecular flexibility index (Phi) is 31.5. The summed E-state index contributed by atoms with van der Waals surface area (Å²) in [7, 11) is 5.38. The summed E-state index contributed by atoms with van der Waals surface area (Å²) < 4.78 is 17.0. The van der Waals surface area contributed by atoms with Gasteiger partial charge in [0.2, 0.25) is 0 Å². The topological polar surface area (TPSA) is 102 Å². The summed E-state index contributed by atoms with van der Waals surface area (Å²) in [6.45, 7) is 4.58. The third-order valence-electron chi connectivity index (χ3n) is 8.85. The van der Waals surface area contributed by atoms with Crippen molar-refractivity contribution in [2.45, 2.75) is 180 Å². The van der Waals surface area contributed by atoms with Gasteiger partial charge in [0, 0.05) is 19.3 Å². The van der Waals surface area contributed by atoms with Gasteiger partial charge in [0.05, 0.1) is 40.3 Å². The number of nitrogens with zero attached hydrogens (tertiary/aromatic N) is 1. The Bertz CT molecular complexity index is 864. The van der Waals surface area contributed by atoms with Crippen molar-refractivity contribution < 1.29 is 38.2 Å². The Hall–Kier alpha value is -2.19. The second-order valence-electron chi connectivity index (χ2n) is 14.5. The largest absolute Gasteiger partial charge is 0.544 e. The number of carboxylic acids is 1. The predicted octanol–water partition coefficient (Wildman–Crippen LogP) is 8.80. The van der Waals surface area contributed by atoms with E-state index >= 15 is 0 Å². The van der Waals surface area contributed by atoms with Gasteiger partial charge in [-0.2, -0.15) is 0 Å². The molecule has 0 heterocycles. The molecule has 0 saturated carbocycles. The molecule has 0 bridgehead atoms. The first-order chi connectivity index (χ1) is 23.6. The normalized spacial score (nSPS) is 13.2. The van der Waals surface area contributed by atoms with Gasteiger partial charge in [0.1, 0.15) is 12.6 Å². The highest BCUT2D eigenvalue weighted by atomic mass is 16.6. The third-order valence-corrected chi connectivity index (χ3v) is 8.85. The van der Waals surface area contributed by atoms with Crippen molar-refractivity contribution >= 4 is 17.9 Å². The van der Waals surface area contributed by atoms with Crippen molar-refractivity contribution in [3.63, 3.8) is 0 Å². The van der Waals surface area contributed by atoms with Gasteiger partial charge in [-0.1, -0.05) is 141 Å². The van der Waals surface area contributed by atoms with Crippen molar-refractivity contribution in [1.29, 1.82) is 0 Å². The molecule has 286 valence electrons. The summed E-state index contributed by atoms with van der Waals surface area (Å²) in [4.78, 5) is 36.6. The van der Waals surface area contributed by atoms with Crippen molar-refractivity contribution in [2.24, 2.45) is 0 Å². The Morgan fingerprint density at radius 3 is 1.65 bits per heavy atom. The predicted molar refractivity (Wildman–Crippen MR) is 199 cm³/mol. The molecule has 0 aliphatic rings. The maximum absolute atomic E-state index is 12.6. The number of carbonyl (C=O) groups is 3. The summed E-state index contributed by atoms with van der Waals surface area (Å²) in [5.41, 5.74) is 0. The first-order valence-electron chi connectivity index (χ1n) is 19.9. The van der Waals surface area contributed by atoms with E-state index in [2.05, 4.69) is 32.1 Å². The number of hydrogen-bond acceptors (Lipinski definition) is 7. The van der Waals surface area contributed by atoms with Crippen LogP contribution >= 0.6 is 0 Å². The lowest BCUT2D eigenvalue weighted by molar-refractivity contribution is -0.889. The van der Waals surface area contributed by atoms with Gasteiger partial charge in [-0.05, 0) is 32.1 Å². The maximum Gasteiger partial charge on any atom is 0.306 e. The summed E-state index contributed by atoms with van der Waals surface area (Å²) >= 11 is 0. The molecule has 0 aromatic heterocycles. The van der Waals surface area contributed by atoms with Crippen LogP contribution in [0.2, 0.25) is 0 Å². The van der Waals surface area contributed by atoms with E-state index in [0.717, 1.165) is 32.1 Å². The summed E-state index contributed by atoms with van der Waals surface area (Å²) in [6, 6.07) is -0.728. The molecule has 49 heavy (non-hydrogen) atoms. The number of carbonyl (C=O) groups excluding carboxylic acids is 3. The quantitative estimate of drug-likeness (QED) is 0.0283. The lowest BCUT2D eigenvalue weighted by Crippen LogP contribution is -2.55. The average Bonchev–Trinajstić information content (AvgIpc) is 3.05. The van der Waals surface area contributed by atoms with Crippen LogP contribution in [0.25, 0.3) is 0 Å². The zero-order valence-corrected chi connectivity index (χ0v) is 32.4. The molecule has 0 amide bonds. The van der Waals surface area contributed by atoms with E-state index in [1.165, 1.54) is 96.3 Å². The van der Waals surface area contributed by atoms with E-state index in [0.29, 0.717) is 12.8 Å². The molecule has 0 rings (SSSR count). The van der Waals surface area contributed by atoms with Gasteiger partial charge in [0.25, 0.3) is 0 Å². The number of esters is 2. The zero-order valence-electron chi connectivity index (χ0n) is 32.4. The van der Waals surface area contributed by atoms with Crippen LogP contribution < -0.4 is 5.11 Å². The number of unbranched alkanes of at least 4 members (excludes halogenated alkanes) is 17. The molecule has 2 atom stereocenters. The fraction of sp³-hybridized carbons (Fsp3) is 0.829. The number of hydrogen-bond donors (Lipinski definition) is 0. The Morgan fingerprint density at radius 2 is 1.12 bits per heavy atom. The summed E-state index contributed by atoms with van der Waals surface area (Å²) in [5.74, 6) is -1.82. The number of allylic oxidation sites excluding steroid dienone is 4. The second kappa shape index (κ2) is 33.0. The average molecular weight is 694 g/mol. The Labute approximate surface area is 301 Å². The molecule has 0 aliphatic carbocycles. The van der Waals surface area contributed by atoms with Crippen LogP contribution in [0.15, 0.2) is 24.3 Å². The number of aliphatic carboxylic acids is 1. The lowest BCUT2D eigenvalue weighted by Gasteiger charge is -2.34. The highest BCUT2D eigenvalue weighted by Crippen LogP contribution is 2.14. The third kappa shape index (κ3) is 31.5. The number of carboxylic acid groups (broad SMARTS) is 1. The van der Waals surface area contributed by atoms with E-state index in [-0.39, 0.29) is 49.1 Å². The molecule has 0 N–H and O–H groups in total. The van der Waals surface area contributed by atoms with Crippen LogP contribution in [0.3, 0.4) is 0 Å². The number of rotatable bonds is 35. The van der Waals surface area contributed by atoms with E-state index in [9.17, 15) is 19.5 Å². The smallest absolute Gasteiger partial charge is 0.306 e. The van der Waals surface area contributed by atoms with Crippen LogP contribution in [0.5, 0.6) is 0 Å². The van der Waals surface area contributed by atoms with Crippen LogP contribution in [-0.2, 0) is 28.6 Å². The standard InChI is InChI=1S/C41H75NO7/c1-6-8-10-12-14-16-18-20-22-23-25-27-29-31-39(43)48-36-37(35-47-34-33-38(41(45)46)42(3,4)5)49-40(44)32-30-28-26-24-21-19-17-15-13-11-9-7-2/h20,22,25,27,37-38H,6-19,21,23-24,26,28-36H2,1-5H3/b22-20+,27-25+. The van der Waals surface area contributed by atoms with Gasteiger partial charge in [-0.3, -0.25) is 9.59 Å². The fourth-order valence-corrected chi connectivity index (χ4v) is 5.71.